The number of carbonyl (C=O) groups is 2. The highest BCUT2D eigenvalue weighted by Gasteiger charge is 2.46. The monoisotopic (exact) mass is 398 g/mol. The maximum Gasteiger partial charge on any atom is 0.295 e. The van der Waals surface area contributed by atoms with Gasteiger partial charge in [-0.3, -0.25) is 19.7 Å². The molecule has 1 aliphatic heterocycles. The molecule has 1 fully saturated rings. The van der Waals surface area contributed by atoms with Crippen LogP contribution in [0.5, 0.6) is 5.75 Å². The molecule has 150 valence electrons. The normalized spacial score (nSPS) is 18.1. The molecule has 1 atom stereocenters. The highest BCUT2D eigenvalue weighted by Crippen LogP contribution is 2.40. The van der Waals surface area contributed by atoms with Crippen LogP contribution >= 0.6 is 0 Å². The summed E-state index contributed by atoms with van der Waals surface area (Å²) in [4.78, 5) is 36.8. The van der Waals surface area contributed by atoms with E-state index in [-0.39, 0.29) is 28.9 Å². The highest BCUT2D eigenvalue weighted by molar-refractivity contribution is 6.46. The second-order valence-corrected chi connectivity index (χ2v) is 6.30. The first-order valence-electron chi connectivity index (χ1n) is 8.67. The molecule has 1 saturated heterocycles. The topological polar surface area (TPSA) is 130 Å². The summed E-state index contributed by atoms with van der Waals surface area (Å²) in [6, 6.07) is 10.6. The van der Waals surface area contributed by atoms with Gasteiger partial charge in [-0.1, -0.05) is 12.1 Å². The summed E-state index contributed by atoms with van der Waals surface area (Å²) < 4.78 is 5.07. The van der Waals surface area contributed by atoms with E-state index in [4.69, 9.17) is 4.74 Å². The maximum atomic E-state index is 12.7. The lowest BCUT2D eigenvalue weighted by atomic mass is 9.95. The highest BCUT2D eigenvalue weighted by atomic mass is 16.6. The molecule has 0 saturated carbocycles. The first kappa shape index (κ1) is 20.0. The summed E-state index contributed by atoms with van der Waals surface area (Å²) in [5, 5.41) is 31.3. The van der Waals surface area contributed by atoms with Crippen LogP contribution < -0.4 is 4.74 Å². The number of hydrogen-bond donors (Lipinski definition) is 2. The van der Waals surface area contributed by atoms with Gasteiger partial charge in [0.2, 0.25) is 0 Å². The average Bonchev–Trinajstić information content (AvgIpc) is 2.98. The van der Waals surface area contributed by atoms with E-state index in [1.165, 1.54) is 43.5 Å². The number of nitro groups is 1. The summed E-state index contributed by atoms with van der Waals surface area (Å²) in [5.74, 6) is -1.70. The predicted octanol–water partition coefficient (Wildman–Crippen LogP) is 2.02. The molecule has 2 aromatic rings. The Labute approximate surface area is 165 Å². The zero-order valence-electron chi connectivity index (χ0n) is 15.4. The van der Waals surface area contributed by atoms with Crippen LogP contribution in [0, 0.1) is 10.1 Å². The Morgan fingerprint density at radius 2 is 1.90 bits per heavy atom. The third-order valence-corrected chi connectivity index (χ3v) is 4.64. The van der Waals surface area contributed by atoms with E-state index >= 15 is 0 Å². The summed E-state index contributed by atoms with van der Waals surface area (Å²) in [6.45, 7) is -0.585. The molecule has 0 aromatic heterocycles. The average molecular weight is 398 g/mol. The fraction of sp³-hybridized carbons (Fsp3) is 0.200. The Bertz CT molecular complexity index is 998. The summed E-state index contributed by atoms with van der Waals surface area (Å²) in [6.07, 6.45) is 0. The maximum absolute atomic E-state index is 12.7. The van der Waals surface area contributed by atoms with Crippen LogP contribution in [0.2, 0.25) is 0 Å². The molecule has 29 heavy (non-hydrogen) atoms. The molecule has 9 heteroatoms. The van der Waals surface area contributed by atoms with Crippen LogP contribution in [0.3, 0.4) is 0 Å². The number of nitro benzene ring substituents is 1. The number of hydrogen-bond acceptors (Lipinski definition) is 7. The van der Waals surface area contributed by atoms with Crippen molar-refractivity contribution in [2.24, 2.45) is 0 Å². The molecule has 1 aliphatic rings. The van der Waals surface area contributed by atoms with E-state index in [2.05, 4.69) is 0 Å². The Hall–Kier alpha value is -3.72. The number of aliphatic hydroxyl groups is 2. The van der Waals surface area contributed by atoms with Crippen molar-refractivity contribution in [2.75, 3.05) is 20.3 Å². The van der Waals surface area contributed by atoms with Crippen molar-refractivity contribution in [1.82, 2.24) is 4.90 Å². The Morgan fingerprint density at radius 1 is 1.21 bits per heavy atom. The lowest BCUT2D eigenvalue weighted by Crippen LogP contribution is -2.32. The van der Waals surface area contributed by atoms with Crippen LogP contribution in [0.15, 0.2) is 54.1 Å². The number of nitrogens with zero attached hydrogens (tertiary/aromatic N) is 2. The van der Waals surface area contributed by atoms with Crippen molar-refractivity contribution in [1.29, 1.82) is 0 Å². The number of benzene rings is 2. The fourth-order valence-corrected chi connectivity index (χ4v) is 3.28. The number of ether oxygens (including phenoxy) is 1. The molecule has 0 radical (unpaired) electrons. The van der Waals surface area contributed by atoms with E-state index in [9.17, 15) is 29.9 Å². The van der Waals surface area contributed by atoms with Crippen LogP contribution in [0.4, 0.5) is 5.69 Å². The Balaban J connectivity index is 2.18. The van der Waals surface area contributed by atoms with Crippen molar-refractivity contribution in [3.63, 3.8) is 0 Å². The molecule has 3 rings (SSSR count). The molecule has 1 amide bonds. The lowest BCUT2D eigenvalue weighted by Gasteiger charge is -2.24. The number of rotatable bonds is 6. The summed E-state index contributed by atoms with van der Waals surface area (Å²) in [5.41, 5.74) is 0.140. The summed E-state index contributed by atoms with van der Waals surface area (Å²) in [7, 11) is 1.48. The van der Waals surface area contributed by atoms with Gasteiger partial charge < -0.3 is 19.8 Å². The first-order valence-corrected chi connectivity index (χ1v) is 8.67. The van der Waals surface area contributed by atoms with Gasteiger partial charge in [0.05, 0.1) is 30.3 Å². The molecule has 1 heterocycles. The van der Waals surface area contributed by atoms with Crippen molar-refractivity contribution in [3.05, 3.63) is 75.3 Å². The van der Waals surface area contributed by atoms with Crippen molar-refractivity contribution < 1.29 is 29.5 Å². The van der Waals surface area contributed by atoms with E-state index in [0.29, 0.717) is 5.75 Å². The van der Waals surface area contributed by atoms with Gasteiger partial charge in [0.15, 0.2) is 0 Å². The van der Waals surface area contributed by atoms with E-state index < -0.39 is 35.0 Å². The van der Waals surface area contributed by atoms with E-state index in [1.807, 2.05) is 0 Å². The van der Waals surface area contributed by atoms with Gasteiger partial charge in [0, 0.05) is 24.2 Å². The SMILES string of the molecule is COc1ccc(/C(O)=C2\C(=O)C(=O)N(CCO)C2c2cccc([N+](=O)[O-])c2)cc1. The van der Waals surface area contributed by atoms with Crippen LogP contribution in [0.25, 0.3) is 5.76 Å². The number of amides is 1. The van der Waals surface area contributed by atoms with Gasteiger partial charge in [-0.05, 0) is 29.8 Å². The second-order valence-electron chi connectivity index (χ2n) is 6.30. The number of ketones is 1. The minimum absolute atomic E-state index is 0.169. The molecule has 0 bridgehead atoms. The van der Waals surface area contributed by atoms with Crippen LogP contribution in [-0.2, 0) is 9.59 Å². The number of carbonyl (C=O) groups excluding carboxylic acids is 2. The van der Waals surface area contributed by atoms with Crippen LogP contribution in [0.1, 0.15) is 17.2 Å². The third kappa shape index (κ3) is 3.67. The van der Waals surface area contributed by atoms with E-state index in [1.54, 1.807) is 12.1 Å². The lowest BCUT2D eigenvalue weighted by molar-refractivity contribution is -0.384. The molecule has 1 unspecified atom stereocenters. The molecule has 9 nitrogen and oxygen atoms in total. The standard InChI is InChI=1S/C20H18N2O7/c1-29-15-7-5-12(6-8-15)18(24)16-17(21(9-10-23)20(26)19(16)25)13-3-2-4-14(11-13)22(27)28/h2-8,11,17,23-24H,9-10H2,1H3/b18-16+. The van der Waals surface area contributed by atoms with E-state index in [0.717, 1.165) is 4.90 Å². The molecular formula is C20H18N2O7. The smallest absolute Gasteiger partial charge is 0.295 e. The molecule has 2 aromatic carbocycles. The minimum atomic E-state index is -1.07. The van der Waals surface area contributed by atoms with Gasteiger partial charge in [-0.15, -0.1) is 0 Å². The van der Waals surface area contributed by atoms with Gasteiger partial charge in [0.25, 0.3) is 17.4 Å². The number of Topliss-reactive ketones (excluding diaryl/α,β-unsaturated/α-hetero) is 1. The third-order valence-electron chi connectivity index (χ3n) is 4.64. The Morgan fingerprint density at radius 3 is 2.48 bits per heavy atom. The number of non-ortho nitro benzene ring substituents is 1. The number of likely N-dealkylation sites (tertiary alicyclic amines) is 1. The zero-order chi connectivity index (χ0) is 21.1. The predicted molar refractivity (Wildman–Crippen MR) is 102 cm³/mol. The van der Waals surface area contributed by atoms with Gasteiger partial charge in [0.1, 0.15) is 11.5 Å². The number of β-amino-alcohol motifs (C(OH)–C–C–N with tert-alkyl or cyclic N) is 1. The Kier molecular flexibility index (Phi) is 5.60. The molecule has 2 N–H and O–H groups in total. The van der Waals surface area contributed by atoms with Gasteiger partial charge >= 0.3 is 0 Å². The molecule has 0 spiro atoms. The fourth-order valence-electron chi connectivity index (χ4n) is 3.28. The molecular weight excluding hydrogens is 380 g/mol. The second kappa shape index (κ2) is 8.11. The van der Waals surface area contributed by atoms with Crippen LogP contribution in [-0.4, -0.2) is 52.0 Å². The largest absolute Gasteiger partial charge is 0.507 e. The van der Waals surface area contributed by atoms with Crippen molar-refractivity contribution >= 4 is 23.1 Å². The van der Waals surface area contributed by atoms with Gasteiger partial charge in [-0.2, -0.15) is 0 Å². The molecule has 0 aliphatic carbocycles. The number of aliphatic hydroxyl groups excluding tert-OH is 2. The van der Waals surface area contributed by atoms with Gasteiger partial charge in [-0.25, -0.2) is 0 Å². The number of methoxy groups -OCH3 is 1. The quantitative estimate of drug-likeness (QED) is 0.250. The van der Waals surface area contributed by atoms with Crippen molar-refractivity contribution in [2.45, 2.75) is 6.04 Å². The first-order chi connectivity index (χ1) is 13.9. The zero-order valence-corrected chi connectivity index (χ0v) is 15.4. The van der Waals surface area contributed by atoms with Crippen molar-refractivity contribution in [3.8, 4) is 5.75 Å². The summed E-state index contributed by atoms with van der Waals surface area (Å²) >= 11 is 0. The minimum Gasteiger partial charge on any atom is -0.507 e.